The smallest absolute Gasteiger partial charge is 0.336 e. The Hall–Kier alpha value is -2.52. The highest BCUT2D eigenvalue weighted by atomic mass is 19.1. The number of aryl methyl sites for hydroxylation is 1. The van der Waals surface area contributed by atoms with Gasteiger partial charge in [-0.15, -0.1) is 0 Å². The first-order chi connectivity index (χ1) is 14.7. The van der Waals surface area contributed by atoms with Crippen molar-refractivity contribution in [2.45, 2.75) is 51.1 Å². The summed E-state index contributed by atoms with van der Waals surface area (Å²) in [4.78, 5) is 20.0. The zero-order valence-corrected chi connectivity index (χ0v) is 17.1. The molecule has 3 aromatic rings. The molecule has 0 amide bonds. The van der Waals surface area contributed by atoms with Gasteiger partial charge in [0.25, 0.3) is 5.95 Å². The van der Waals surface area contributed by atoms with Gasteiger partial charge in [-0.3, -0.25) is 4.57 Å². The van der Waals surface area contributed by atoms with Crippen molar-refractivity contribution in [3.8, 4) is 5.95 Å². The molecule has 9 heteroatoms. The van der Waals surface area contributed by atoms with Crippen LogP contribution in [-0.2, 0) is 11.3 Å². The first kappa shape index (κ1) is 19.4. The average Bonchev–Trinajstić information content (AvgIpc) is 3.36. The molecule has 0 atom stereocenters. The van der Waals surface area contributed by atoms with Crippen molar-refractivity contribution in [2.75, 3.05) is 26.3 Å². The highest BCUT2D eigenvalue weighted by Crippen LogP contribution is 2.30. The second-order valence-electron chi connectivity index (χ2n) is 8.08. The molecule has 2 saturated heterocycles. The van der Waals surface area contributed by atoms with Crippen molar-refractivity contribution in [1.29, 1.82) is 0 Å². The van der Waals surface area contributed by atoms with E-state index in [0.717, 1.165) is 52.0 Å². The van der Waals surface area contributed by atoms with E-state index in [9.17, 15) is 9.18 Å². The SMILES string of the molecule is CCn1c(=O)n(-c2noc(C3CCN(C4CCOCC4)CC3)n2)c2cc(F)ccc21. The molecule has 0 aliphatic carbocycles. The summed E-state index contributed by atoms with van der Waals surface area (Å²) in [5.41, 5.74) is 0.809. The quantitative estimate of drug-likeness (QED) is 0.652. The van der Waals surface area contributed by atoms with Crippen LogP contribution in [0.1, 0.15) is 44.4 Å². The first-order valence-electron chi connectivity index (χ1n) is 10.7. The summed E-state index contributed by atoms with van der Waals surface area (Å²) in [5.74, 6) is 0.491. The van der Waals surface area contributed by atoms with Crippen LogP contribution in [0.5, 0.6) is 0 Å². The van der Waals surface area contributed by atoms with Crippen LogP contribution >= 0.6 is 0 Å². The van der Waals surface area contributed by atoms with Gasteiger partial charge in [-0.05, 0) is 63.0 Å². The van der Waals surface area contributed by atoms with E-state index < -0.39 is 5.82 Å². The minimum absolute atomic E-state index is 0.171. The van der Waals surface area contributed by atoms with E-state index in [1.807, 2.05) is 6.92 Å². The molecule has 4 heterocycles. The molecule has 0 saturated carbocycles. The Kier molecular flexibility index (Phi) is 5.16. The molecule has 0 radical (unpaired) electrons. The third-order valence-corrected chi connectivity index (χ3v) is 6.42. The summed E-state index contributed by atoms with van der Waals surface area (Å²) in [6.45, 7) is 6.03. The van der Waals surface area contributed by atoms with E-state index in [1.54, 1.807) is 10.6 Å². The molecule has 2 aliphatic heterocycles. The van der Waals surface area contributed by atoms with Crippen LogP contribution in [0.2, 0.25) is 0 Å². The van der Waals surface area contributed by atoms with Crippen molar-refractivity contribution in [1.82, 2.24) is 24.2 Å². The first-order valence-corrected chi connectivity index (χ1v) is 10.7. The summed E-state index contributed by atoms with van der Waals surface area (Å²) < 4.78 is 27.8. The Labute approximate surface area is 173 Å². The number of benzene rings is 1. The molecule has 0 bridgehead atoms. The standard InChI is InChI=1S/C21H26FN5O3/c1-2-26-17-4-3-15(22)13-18(17)27(21(26)28)20-23-19(30-24-20)14-5-9-25(10-6-14)16-7-11-29-12-8-16/h3-4,13-14,16H,2,5-12H2,1H3. The maximum Gasteiger partial charge on any atom is 0.336 e. The maximum atomic E-state index is 13.9. The number of rotatable bonds is 4. The molecular weight excluding hydrogens is 389 g/mol. The number of nitrogens with zero attached hydrogens (tertiary/aromatic N) is 5. The Morgan fingerprint density at radius 2 is 1.90 bits per heavy atom. The van der Waals surface area contributed by atoms with E-state index in [0.29, 0.717) is 29.5 Å². The topological polar surface area (TPSA) is 78.3 Å². The zero-order valence-electron chi connectivity index (χ0n) is 17.1. The maximum absolute atomic E-state index is 13.9. The van der Waals surface area contributed by atoms with E-state index in [-0.39, 0.29) is 17.6 Å². The lowest BCUT2D eigenvalue weighted by atomic mass is 9.94. The monoisotopic (exact) mass is 415 g/mol. The number of likely N-dealkylation sites (tertiary alicyclic amines) is 1. The molecule has 8 nitrogen and oxygen atoms in total. The number of hydrogen-bond acceptors (Lipinski definition) is 6. The van der Waals surface area contributed by atoms with Gasteiger partial charge in [-0.1, -0.05) is 0 Å². The van der Waals surface area contributed by atoms with Gasteiger partial charge in [-0.25, -0.2) is 13.8 Å². The second kappa shape index (κ2) is 7.96. The van der Waals surface area contributed by atoms with Crippen LogP contribution in [0.3, 0.4) is 0 Å². The number of hydrogen-bond donors (Lipinski definition) is 0. The molecule has 0 N–H and O–H groups in total. The highest BCUT2D eigenvalue weighted by Gasteiger charge is 2.30. The molecule has 1 aromatic carbocycles. The van der Waals surface area contributed by atoms with Crippen molar-refractivity contribution >= 4 is 11.0 Å². The predicted octanol–water partition coefficient (Wildman–Crippen LogP) is 2.69. The van der Waals surface area contributed by atoms with Gasteiger partial charge < -0.3 is 14.2 Å². The lowest BCUT2D eigenvalue weighted by Gasteiger charge is -2.38. The third-order valence-electron chi connectivity index (χ3n) is 6.42. The Bertz CT molecular complexity index is 1090. The van der Waals surface area contributed by atoms with Crippen LogP contribution in [-0.4, -0.2) is 56.5 Å². The van der Waals surface area contributed by atoms with Crippen LogP contribution < -0.4 is 5.69 Å². The van der Waals surface area contributed by atoms with Gasteiger partial charge in [-0.2, -0.15) is 4.98 Å². The summed E-state index contributed by atoms with van der Waals surface area (Å²) in [7, 11) is 0. The van der Waals surface area contributed by atoms with Crippen LogP contribution in [0, 0.1) is 5.82 Å². The Morgan fingerprint density at radius 1 is 1.13 bits per heavy atom. The lowest BCUT2D eigenvalue weighted by molar-refractivity contribution is 0.0239. The zero-order chi connectivity index (χ0) is 20.7. The van der Waals surface area contributed by atoms with Crippen LogP contribution in [0.25, 0.3) is 17.0 Å². The summed E-state index contributed by atoms with van der Waals surface area (Å²) in [6.07, 6.45) is 4.07. The fraction of sp³-hybridized carbons (Fsp3) is 0.571. The Balaban J connectivity index is 1.38. The number of piperidine rings is 1. The van der Waals surface area contributed by atoms with Gasteiger partial charge in [0.05, 0.1) is 11.0 Å². The van der Waals surface area contributed by atoms with E-state index >= 15 is 0 Å². The predicted molar refractivity (Wildman–Crippen MR) is 108 cm³/mol. The molecular formula is C21H26FN5O3. The minimum atomic E-state index is -0.409. The number of aromatic nitrogens is 4. The van der Waals surface area contributed by atoms with Crippen LogP contribution in [0.15, 0.2) is 27.5 Å². The Morgan fingerprint density at radius 3 is 2.63 bits per heavy atom. The molecule has 0 spiro atoms. The van der Waals surface area contributed by atoms with Gasteiger partial charge in [0.2, 0.25) is 5.89 Å². The summed E-state index contributed by atoms with van der Waals surface area (Å²) in [6, 6.07) is 4.91. The molecule has 2 fully saturated rings. The molecule has 30 heavy (non-hydrogen) atoms. The fourth-order valence-electron chi connectivity index (χ4n) is 4.78. The van der Waals surface area contributed by atoms with Crippen LogP contribution in [0.4, 0.5) is 4.39 Å². The third kappa shape index (κ3) is 3.35. The van der Waals surface area contributed by atoms with E-state index in [4.69, 9.17) is 9.26 Å². The van der Waals surface area contributed by atoms with E-state index in [2.05, 4.69) is 15.0 Å². The lowest BCUT2D eigenvalue weighted by Crippen LogP contribution is -2.43. The largest absolute Gasteiger partial charge is 0.381 e. The van der Waals surface area contributed by atoms with Gasteiger partial charge >= 0.3 is 5.69 Å². The number of halogens is 1. The van der Waals surface area contributed by atoms with Crippen molar-refractivity contribution < 1.29 is 13.7 Å². The number of ether oxygens (including phenoxy) is 1. The van der Waals surface area contributed by atoms with Gasteiger partial charge in [0.15, 0.2) is 0 Å². The minimum Gasteiger partial charge on any atom is -0.381 e. The van der Waals surface area contributed by atoms with Crippen molar-refractivity contribution in [2.24, 2.45) is 0 Å². The number of imidazole rings is 1. The fourth-order valence-corrected chi connectivity index (χ4v) is 4.78. The molecule has 0 unspecified atom stereocenters. The van der Waals surface area contributed by atoms with Gasteiger partial charge in [0.1, 0.15) is 5.82 Å². The summed E-state index contributed by atoms with van der Waals surface area (Å²) in [5, 5.41) is 4.07. The second-order valence-corrected chi connectivity index (χ2v) is 8.08. The average molecular weight is 415 g/mol. The summed E-state index contributed by atoms with van der Waals surface area (Å²) >= 11 is 0. The van der Waals surface area contributed by atoms with Gasteiger partial charge in [0, 0.05) is 37.8 Å². The molecule has 5 rings (SSSR count). The molecule has 160 valence electrons. The van der Waals surface area contributed by atoms with Crippen molar-refractivity contribution in [3.63, 3.8) is 0 Å². The number of fused-ring (bicyclic) bond motifs is 1. The molecule has 2 aliphatic rings. The highest BCUT2D eigenvalue weighted by molar-refractivity contribution is 5.77. The molecule has 2 aromatic heterocycles. The van der Waals surface area contributed by atoms with Crippen molar-refractivity contribution in [3.05, 3.63) is 40.4 Å². The van der Waals surface area contributed by atoms with E-state index in [1.165, 1.54) is 16.7 Å². The normalized spacial score (nSPS) is 19.7.